The average Bonchev–Trinajstić information content (AvgIpc) is 2.38. The highest BCUT2D eigenvalue weighted by atomic mass is 16.5. The Bertz CT molecular complexity index is 212. The number of rotatable bonds is 11. The number of carbonyl (C=O) groups is 1. The summed E-state index contributed by atoms with van der Waals surface area (Å²) in [4.78, 5) is 13.7. The van der Waals surface area contributed by atoms with E-state index in [0.29, 0.717) is 25.7 Å². The molecular formula is C13H29N3O2. The van der Waals surface area contributed by atoms with Crippen LogP contribution >= 0.6 is 0 Å². The second-order valence-electron chi connectivity index (χ2n) is 4.61. The normalized spacial score (nSPS) is 12.7. The second kappa shape index (κ2) is 11.4. The van der Waals surface area contributed by atoms with Crippen molar-refractivity contribution in [2.45, 2.75) is 32.7 Å². The maximum Gasteiger partial charge on any atom is 0.233 e. The lowest BCUT2D eigenvalue weighted by molar-refractivity contribution is -0.120. The first-order chi connectivity index (χ1) is 8.61. The molecular weight excluding hydrogens is 230 g/mol. The van der Waals surface area contributed by atoms with Crippen molar-refractivity contribution < 1.29 is 9.53 Å². The fourth-order valence-electron chi connectivity index (χ4n) is 1.50. The van der Waals surface area contributed by atoms with E-state index < -0.39 is 0 Å². The number of likely N-dealkylation sites (N-methyl/N-ethyl adjacent to an activating group) is 1. The average molecular weight is 259 g/mol. The van der Waals surface area contributed by atoms with E-state index >= 15 is 0 Å². The summed E-state index contributed by atoms with van der Waals surface area (Å²) in [5.41, 5.74) is 0. The minimum Gasteiger partial charge on any atom is -0.385 e. The first-order valence-electron chi connectivity index (χ1n) is 6.78. The van der Waals surface area contributed by atoms with Crippen LogP contribution in [0.15, 0.2) is 0 Å². The van der Waals surface area contributed by atoms with Crippen LogP contribution in [-0.4, -0.2) is 63.8 Å². The molecule has 0 aromatic heterocycles. The standard InChI is InChI=1S/C13H29N3O2/c1-5-12(2)16(3)9-8-14-11-13(17)15-7-6-10-18-4/h12,14H,5-11H2,1-4H3,(H,15,17). The highest BCUT2D eigenvalue weighted by molar-refractivity contribution is 5.77. The monoisotopic (exact) mass is 259 g/mol. The third-order valence-electron chi connectivity index (χ3n) is 3.12. The molecule has 0 bridgehead atoms. The smallest absolute Gasteiger partial charge is 0.233 e. The molecule has 5 heteroatoms. The van der Waals surface area contributed by atoms with Crippen molar-refractivity contribution in [1.82, 2.24) is 15.5 Å². The summed E-state index contributed by atoms with van der Waals surface area (Å²) in [5.74, 6) is 0.0531. The van der Waals surface area contributed by atoms with Crippen LogP contribution in [0.3, 0.4) is 0 Å². The van der Waals surface area contributed by atoms with Gasteiger partial charge in [-0.25, -0.2) is 0 Å². The van der Waals surface area contributed by atoms with Gasteiger partial charge in [0.2, 0.25) is 5.91 Å². The third-order valence-corrected chi connectivity index (χ3v) is 3.12. The second-order valence-corrected chi connectivity index (χ2v) is 4.61. The van der Waals surface area contributed by atoms with Crippen LogP contribution in [0.5, 0.6) is 0 Å². The van der Waals surface area contributed by atoms with Crippen LogP contribution in [0, 0.1) is 0 Å². The molecule has 0 spiro atoms. The Morgan fingerprint density at radius 1 is 1.39 bits per heavy atom. The van der Waals surface area contributed by atoms with E-state index in [1.165, 1.54) is 0 Å². The molecule has 18 heavy (non-hydrogen) atoms. The van der Waals surface area contributed by atoms with Gasteiger partial charge in [-0.15, -0.1) is 0 Å². The zero-order valence-corrected chi connectivity index (χ0v) is 12.3. The van der Waals surface area contributed by atoms with Crippen molar-refractivity contribution in [3.8, 4) is 0 Å². The van der Waals surface area contributed by atoms with E-state index in [1.54, 1.807) is 7.11 Å². The maximum atomic E-state index is 11.4. The first-order valence-corrected chi connectivity index (χ1v) is 6.78. The Morgan fingerprint density at radius 2 is 2.11 bits per heavy atom. The topological polar surface area (TPSA) is 53.6 Å². The molecule has 0 rings (SSSR count). The Morgan fingerprint density at radius 3 is 2.72 bits per heavy atom. The summed E-state index contributed by atoms with van der Waals surface area (Å²) in [6.45, 7) is 7.96. The molecule has 0 saturated heterocycles. The molecule has 5 nitrogen and oxygen atoms in total. The third kappa shape index (κ3) is 9.39. The molecule has 1 amide bonds. The fourth-order valence-corrected chi connectivity index (χ4v) is 1.50. The molecule has 108 valence electrons. The number of methoxy groups -OCH3 is 1. The van der Waals surface area contributed by atoms with Gasteiger partial charge in [0.05, 0.1) is 6.54 Å². The van der Waals surface area contributed by atoms with E-state index in [9.17, 15) is 4.79 Å². The number of hydrogen-bond acceptors (Lipinski definition) is 4. The van der Waals surface area contributed by atoms with Crippen LogP contribution in [0.2, 0.25) is 0 Å². The van der Waals surface area contributed by atoms with Crippen molar-refractivity contribution >= 4 is 5.91 Å². The van der Waals surface area contributed by atoms with Gasteiger partial charge in [-0.1, -0.05) is 6.92 Å². The van der Waals surface area contributed by atoms with Gasteiger partial charge in [0.25, 0.3) is 0 Å². The molecule has 0 aliphatic carbocycles. The summed E-state index contributed by atoms with van der Waals surface area (Å²) in [6.07, 6.45) is 2.01. The highest BCUT2D eigenvalue weighted by Crippen LogP contribution is 1.97. The minimum absolute atomic E-state index is 0.0531. The summed E-state index contributed by atoms with van der Waals surface area (Å²) in [6, 6.07) is 0.592. The van der Waals surface area contributed by atoms with Gasteiger partial charge in [-0.05, 0) is 26.8 Å². The van der Waals surface area contributed by atoms with Gasteiger partial charge in [0, 0.05) is 39.4 Å². The number of hydrogen-bond donors (Lipinski definition) is 2. The Balaban J connectivity index is 3.40. The van der Waals surface area contributed by atoms with Gasteiger partial charge in [-0.2, -0.15) is 0 Å². The van der Waals surface area contributed by atoms with Crippen LogP contribution in [0.4, 0.5) is 0 Å². The number of amides is 1. The minimum atomic E-state index is 0.0531. The largest absolute Gasteiger partial charge is 0.385 e. The van der Waals surface area contributed by atoms with Crippen molar-refractivity contribution in [3.63, 3.8) is 0 Å². The first kappa shape index (κ1) is 17.4. The molecule has 0 fully saturated rings. The predicted octanol–water partition coefficient (Wildman–Crippen LogP) is 0.459. The summed E-state index contributed by atoms with van der Waals surface area (Å²) in [5, 5.41) is 6.00. The summed E-state index contributed by atoms with van der Waals surface area (Å²) in [7, 11) is 3.78. The van der Waals surface area contributed by atoms with Crippen LogP contribution < -0.4 is 10.6 Å². The molecule has 0 aliphatic heterocycles. The molecule has 0 aromatic carbocycles. The lowest BCUT2D eigenvalue weighted by Crippen LogP contribution is -2.39. The van der Waals surface area contributed by atoms with E-state index in [1.807, 2.05) is 0 Å². The van der Waals surface area contributed by atoms with Crippen molar-refractivity contribution in [3.05, 3.63) is 0 Å². The summed E-state index contributed by atoms with van der Waals surface area (Å²) < 4.78 is 4.91. The number of nitrogens with zero attached hydrogens (tertiary/aromatic N) is 1. The molecule has 1 unspecified atom stereocenters. The van der Waals surface area contributed by atoms with Gasteiger partial charge < -0.3 is 20.3 Å². The molecule has 0 aromatic rings. The quantitative estimate of drug-likeness (QED) is 0.529. The van der Waals surface area contributed by atoms with E-state index in [0.717, 1.165) is 25.9 Å². The van der Waals surface area contributed by atoms with Gasteiger partial charge in [-0.3, -0.25) is 4.79 Å². The van der Waals surface area contributed by atoms with E-state index in [2.05, 4.69) is 36.4 Å². The molecule has 0 saturated carbocycles. The van der Waals surface area contributed by atoms with E-state index in [4.69, 9.17) is 4.74 Å². The Kier molecular flexibility index (Phi) is 11.0. The zero-order chi connectivity index (χ0) is 13.8. The van der Waals surface area contributed by atoms with Crippen molar-refractivity contribution in [2.75, 3.05) is 46.9 Å². The Labute approximate surface area is 111 Å². The molecule has 2 N–H and O–H groups in total. The molecule has 0 heterocycles. The zero-order valence-electron chi connectivity index (χ0n) is 12.3. The van der Waals surface area contributed by atoms with Gasteiger partial charge in [0.15, 0.2) is 0 Å². The number of carbonyl (C=O) groups excluding carboxylic acids is 1. The Hall–Kier alpha value is -0.650. The lowest BCUT2D eigenvalue weighted by Gasteiger charge is -2.23. The number of nitrogens with one attached hydrogen (secondary N) is 2. The van der Waals surface area contributed by atoms with E-state index in [-0.39, 0.29) is 5.91 Å². The maximum absolute atomic E-state index is 11.4. The summed E-state index contributed by atoms with van der Waals surface area (Å²) >= 11 is 0. The van der Waals surface area contributed by atoms with Crippen molar-refractivity contribution in [1.29, 1.82) is 0 Å². The number of ether oxygens (including phenoxy) is 1. The molecule has 0 aliphatic rings. The van der Waals surface area contributed by atoms with Crippen molar-refractivity contribution in [2.24, 2.45) is 0 Å². The SMILES string of the molecule is CCC(C)N(C)CCNCC(=O)NCCCOC. The van der Waals surface area contributed by atoms with Crippen LogP contribution in [-0.2, 0) is 9.53 Å². The fraction of sp³-hybridized carbons (Fsp3) is 0.923. The lowest BCUT2D eigenvalue weighted by atomic mass is 10.2. The predicted molar refractivity (Wildman–Crippen MR) is 74.8 cm³/mol. The van der Waals surface area contributed by atoms with Crippen LogP contribution in [0.1, 0.15) is 26.7 Å². The van der Waals surface area contributed by atoms with Gasteiger partial charge >= 0.3 is 0 Å². The molecule has 0 radical (unpaired) electrons. The highest BCUT2D eigenvalue weighted by Gasteiger charge is 2.06. The van der Waals surface area contributed by atoms with Gasteiger partial charge in [0.1, 0.15) is 0 Å². The van der Waals surface area contributed by atoms with Crippen LogP contribution in [0.25, 0.3) is 0 Å². The molecule has 1 atom stereocenters.